The molecule has 30 heavy (non-hydrogen) atoms. The lowest BCUT2D eigenvalue weighted by atomic mass is 10.2. The third-order valence-corrected chi connectivity index (χ3v) is 5.15. The first kappa shape index (κ1) is 19.5. The number of para-hydroxylation sites is 1. The van der Waals surface area contributed by atoms with Gasteiger partial charge in [-0.1, -0.05) is 23.5 Å². The fourth-order valence-corrected chi connectivity index (χ4v) is 3.47. The van der Waals surface area contributed by atoms with E-state index >= 15 is 0 Å². The lowest BCUT2D eigenvalue weighted by Gasteiger charge is -2.11. The van der Waals surface area contributed by atoms with Crippen LogP contribution in [0.2, 0.25) is 0 Å². The Bertz CT molecular complexity index is 1300. The number of ether oxygens (including phenoxy) is 1. The Labute approximate surface area is 175 Å². The van der Waals surface area contributed by atoms with Crippen LogP contribution in [0.5, 0.6) is 11.5 Å². The number of rotatable bonds is 6. The number of phenolic OH excluding ortho intramolecular Hbond substituents is 1. The summed E-state index contributed by atoms with van der Waals surface area (Å²) in [6.07, 6.45) is 1.61. The van der Waals surface area contributed by atoms with Gasteiger partial charge in [0.2, 0.25) is 5.13 Å². The number of hydrogen-bond donors (Lipinski definition) is 2. The Hall–Kier alpha value is -3.79. The molecule has 2 aromatic heterocycles. The molecule has 0 aliphatic heterocycles. The molecule has 0 aliphatic rings. The Morgan fingerprint density at radius 1 is 1.27 bits per heavy atom. The number of benzene rings is 2. The van der Waals surface area contributed by atoms with Gasteiger partial charge in [0.15, 0.2) is 11.5 Å². The number of aliphatic imine (C=N–C) groups is 1. The Kier molecular flexibility index (Phi) is 5.40. The van der Waals surface area contributed by atoms with Gasteiger partial charge in [-0.25, -0.2) is 14.7 Å². The molecule has 0 amide bonds. The SMILES string of the molecule is COc1cc(C=Nc2nnc(CNn3c(C)nc4ccccc4c3=O)s2)ccc1O. The average molecular weight is 422 g/mol. The van der Waals surface area contributed by atoms with Crippen LogP contribution in [-0.4, -0.2) is 38.3 Å². The van der Waals surface area contributed by atoms with Crippen LogP contribution in [0.3, 0.4) is 0 Å². The van der Waals surface area contributed by atoms with Crippen molar-refractivity contribution < 1.29 is 9.84 Å². The molecule has 4 rings (SSSR count). The van der Waals surface area contributed by atoms with Crippen molar-refractivity contribution in [3.05, 3.63) is 69.2 Å². The van der Waals surface area contributed by atoms with E-state index in [1.807, 2.05) is 18.2 Å². The van der Waals surface area contributed by atoms with Gasteiger partial charge in [-0.2, -0.15) is 0 Å². The van der Waals surface area contributed by atoms with Gasteiger partial charge in [-0.15, -0.1) is 10.2 Å². The van der Waals surface area contributed by atoms with Crippen LogP contribution in [0.4, 0.5) is 5.13 Å². The van der Waals surface area contributed by atoms with E-state index in [-0.39, 0.29) is 11.3 Å². The summed E-state index contributed by atoms with van der Waals surface area (Å²) in [7, 11) is 1.48. The van der Waals surface area contributed by atoms with Gasteiger partial charge in [0.1, 0.15) is 10.8 Å². The van der Waals surface area contributed by atoms with Crippen molar-refractivity contribution in [1.29, 1.82) is 0 Å². The highest BCUT2D eigenvalue weighted by molar-refractivity contribution is 7.14. The van der Waals surface area contributed by atoms with E-state index in [1.165, 1.54) is 29.2 Å². The molecular formula is C20H18N6O3S. The predicted octanol–water partition coefficient (Wildman–Crippen LogP) is 2.76. The molecule has 0 fully saturated rings. The molecule has 0 bridgehead atoms. The second-order valence-electron chi connectivity index (χ2n) is 6.32. The summed E-state index contributed by atoms with van der Waals surface area (Å²) in [6.45, 7) is 2.07. The van der Waals surface area contributed by atoms with Crippen LogP contribution in [0, 0.1) is 6.92 Å². The zero-order valence-electron chi connectivity index (χ0n) is 16.2. The summed E-state index contributed by atoms with van der Waals surface area (Å²) in [6, 6.07) is 12.1. The number of aromatic nitrogens is 4. The van der Waals surface area contributed by atoms with Gasteiger partial charge in [0.25, 0.3) is 5.56 Å². The molecule has 0 saturated carbocycles. The number of fused-ring (bicyclic) bond motifs is 1. The van der Waals surface area contributed by atoms with E-state index in [0.717, 1.165) is 5.56 Å². The van der Waals surface area contributed by atoms with Crippen LogP contribution in [-0.2, 0) is 6.54 Å². The maximum Gasteiger partial charge on any atom is 0.279 e. The second kappa shape index (κ2) is 8.29. The standard InChI is InChI=1S/C20H18N6O3S/c1-12-23-15-6-4-3-5-14(15)19(28)26(12)22-11-18-24-25-20(30-18)21-10-13-7-8-16(27)17(9-13)29-2/h3-10,22,27H,11H2,1-2H3. The molecular weight excluding hydrogens is 404 g/mol. The zero-order valence-corrected chi connectivity index (χ0v) is 17.1. The first-order valence-corrected chi connectivity index (χ1v) is 9.82. The Morgan fingerprint density at radius 3 is 2.93 bits per heavy atom. The van der Waals surface area contributed by atoms with Crippen molar-refractivity contribution >= 4 is 33.6 Å². The van der Waals surface area contributed by atoms with E-state index in [2.05, 4.69) is 25.6 Å². The molecule has 0 unspecified atom stereocenters. The molecule has 10 heteroatoms. The third kappa shape index (κ3) is 3.98. The molecule has 2 aromatic carbocycles. The summed E-state index contributed by atoms with van der Waals surface area (Å²) in [5.74, 6) is 0.987. The minimum absolute atomic E-state index is 0.0626. The molecule has 0 atom stereocenters. The van der Waals surface area contributed by atoms with Crippen LogP contribution in [0.1, 0.15) is 16.4 Å². The maximum absolute atomic E-state index is 12.7. The number of phenols is 1. The lowest BCUT2D eigenvalue weighted by molar-refractivity contribution is 0.373. The highest BCUT2D eigenvalue weighted by atomic mass is 32.1. The fourth-order valence-electron chi connectivity index (χ4n) is 2.85. The van der Waals surface area contributed by atoms with Gasteiger partial charge >= 0.3 is 0 Å². The summed E-state index contributed by atoms with van der Waals surface area (Å²) in [4.78, 5) is 21.4. The smallest absolute Gasteiger partial charge is 0.279 e. The van der Waals surface area contributed by atoms with Gasteiger partial charge in [0, 0.05) is 6.21 Å². The highest BCUT2D eigenvalue weighted by Crippen LogP contribution is 2.26. The highest BCUT2D eigenvalue weighted by Gasteiger charge is 2.09. The molecule has 4 aromatic rings. The molecule has 0 aliphatic carbocycles. The molecule has 2 N–H and O–H groups in total. The van der Waals surface area contributed by atoms with E-state index in [4.69, 9.17) is 4.74 Å². The first-order chi connectivity index (χ1) is 14.5. The minimum atomic E-state index is -0.165. The van der Waals surface area contributed by atoms with Crippen molar-refractivity contribution in [3.63, 3.8) is 0 Å². The predicted molar refractivity (Wildman–Crippen MR) is 116 cm³/mol. The van der Waals surface area contributed by atoms with E-state index in [9.17, 15) is 9.90 Å². The number of aromatic hydroxyl groups is 1. The average Bonchev–Trinajstić information content (AvgIpc) is 3.21. The molecule has 0 saturated heterocycles. The lowest BCUT2D eigenvalue weighted by Crippen LogP contribution is -2.31. The molecule has 0 spiro atoms. The minimum Gasteiger partial charge on any atom is -0.504 e. The van der Waals surface area contributed by atoms with Crippen LogP contribution < -0.4 is 15.7 Å². The van der Waals surface area contributed by atoms with Gasteiger partial charge < -0.3 is 15.3 Å². The van der Waals surface area contributed by atoms with E-state index < -0.39 is 0 Å². The van der Waals surface area contributed by atoms with Crippen molar-refractivity contribution in [2.24, 2.45) is 4.99 Å². The third-order valence-electron chi connectivity index (χ3n) is 4.32. The summed E-state index contributed by atoms with van der Waals surface area (Å²) < 4.78 is 6.50. The number of aryl methyl sites for hydroxylation is 1. The Morgan fingerprint density at radius 2 is 2.10 bits per heavy atom. The molecule has 152 valence electrons. The van der Waals surface area contributed by atoms with Crippen LogP contribution in [0.15, 0.2) is 52.3 Å². The zero-order chi connectivity index (χ0) is 21.1. The Balaban J connectivity index is 1.48. The van der Waals surface area contributed by atoms with Gasteiger partial charge in [-0.3, -0.25) is 4.79 Å². The van der Waals surface area contributed by atoms with Crippen molar-refractivity contribution in [2.75, 3.05) is 12.5 Å². The summed E-state index contributed by atoms with van der Waals surface area (Å²) in [5, 5.41) is 19.5. The van der Waals surface area contributed by atoms with E-state index in [0.29, 0.717) is 39.2 Å². The maximum atomic E-state index is 12.7. The molecule has 2 heterocycles. The topological polar surface area (TPSA) is 115 Å². The fraction of sp³-hybridized carbons (Fsp3) is 0.150. The first-order valence-electron chi connectivity index (χ1n) is 9.01. The van der Waals surface area contributed by atoms with Crippen molar-refractivity contribution in [2.45, 2.75) is 13.5 Å². The van der Waals surface area contributed by atoms with Crippen molar-refractivity contribution in [3.8, 4) is 11.5 Å². The van der Waals surface area contributed by atoms with Crippen LogP contribution in [0.25, 0.3) is 10.9 Å². The van der Waals surface area contributed by atoms with Gasteiger partial charge in [0.05, 0.1) is 24.6 Å². The number of hydrogen-bond acceptors (Lipinski definition) is 9. The quantitative estimate of drug-likeness (QED) is 0.459. The monoisotopic (exact) mass is 422 g/mol. The van der Waals surface area contributed by atoms with E-state index in [1.54, 1.807) is 31.3 Å². The molecule has 0 radical (unpaired) electrons. The van der Waals surface area contributed by atoms with Crippen LogP contribution >= 0.6 is 11.3 Å². The summed E-state index contributed by atoms with van der Waals surface area (Å²) in [5.41, 5.74) is 4.30. The number of nitrogens with zero attached hydrogens (tertiary/aromatic N) is 5. The number of nitrogens with one attached hydrogen (secondary N) is 1. The van der Waals surface area contributed by atoms with Gasteiger partial charge in [-0.05, 0) is 42.8 Å². The number of methoxy groups -OCH3 is 1. The largest absolute Gasteiger partial charge is 0.504 e. The van der Waals surface area contributed by atoms with Crippen molar-refractivity contribution in [1.82, 2.24) is 19.9 Å². The second-order valence-corrected chi connectivity index (χ2v) is 7.36. The summed E-state index contributed by atoms with van der Waals surface area (Å²) >= 11 is 1.30. The molecule has 9 nitrogen and oxygen atoms in total. The normalized spacial score (nSPS) is 11.3.